The monoisotopic (exact) mass is 295 g/mol. The molecule has 0 aliphatic heterocycles. The van der Waals surface area contributed by atoms with Crippen molar-refractivity contribution in [2.45, 2.75) is 44.9 Å². The summed E-state index contributed by atoms with van der Waals surface area (Å²) in [4.78, 5) is 15.2. The molecular weight excluding hydrogens is 279 g/mol. The Hall–Kier alpha value is -1.15. The zero-order chi connectivity index (χ0) is 14.7. The lowest BCUT2D eigenvalue weighted by Gasteiger charge is -2.22. The molecule has 4 nitrogen and oxygen atoms in total. The van der Waals surface area contributed by atoms with Crippen molar-refractivity contribution >= 4 is 17.2 Å². The van der Waals surface area contributed by atoms with Gasteiger partial charge in [0, 0.05) is 5.38 Å². The molecule has 0 fully saturated rings. The van der Waals surface area contributed by atoms with Crippen molar-refractivity contribution < 1.29 is 18.0 Å². The molecule has 1 aromatic heterocycles. The molecule has 0 aliphatic rings. The summed E-state index contributed by atoms with van der Waals surface area (Å²) >= 11 is 0.856. The van der Waals surface area contributed by atoms with Crippen LogP contribution in [0.15, 0.2) is 5.38 Å². The van der Waals surface area contributed by atoms with Gasteiger partial charge in [-0.2, -0.15) is 13.2 Å². The fourth-order valence-electron chi connectivity index (χ4n) is 1.51. The lowest BCUT2D eigenvalue weighted by Crippen LogP contribution is -2.51. The predicted molar refractivity (Wildman–Crippen MR) is 66.5 cm³/mol. The third-order valence-electron chi connectivity index (χ3n) is 2.53. The van der Waals surface area contributed by atoms with Crippen LogP contribution in [0.3, 0.4) is 0 Å². The molecule has 19 heavy (non-hydrogen) atoms. The molecule has 1 heterocycles. The first-order valence-electron chi connectivity index (χ1n) is 5.75. The number of thiazole rings is 1. The van der Waals surface area contributed by atoms with Gasteiger partial charge in [0.1, 0.15) is 5.01 Å². The smallest absolute Gasteiger partial charge is 0.348 e. The molecule has 0 spiro atoms. The summed E-state index contributed by atoms with van der Waals surface area (Å²) in [6.45, 7) is 3.44. The number of hydrogen-bond acceptors (Lipinski definition) is 4. The maximum atomic E-state index is 12.3. The molecule has 0 bridgehead atoms. The van der Waals surface area contributed by atoms with Crippen molar-refractivity contribution in [2.75, 3.05) is 0 Å². The molecular formula is C11H16F3N3OS. The molecule has 1 rings (SSSR count). The average Bonchev–Trinajstić information content (AvgIpc) is 2.73. The minimum absolute atomic E-state index is 0.0456. The topological polar surface area (TPSA) is 68.0 Å². The highest BCUT2D eigenvalue weighted by molar-refractivity contribution is 7.09. The summed E-state index contributed by atoms with van der Waals surface area (Å²) in [6, 6.07) is 0. The molecule has 1 aromatic rings. The quantitative estimate of drug-likeness (QED) is 0.876. The summed E-state index contributed by atoms with van der Waals surface area (Å²) in [5.41, 5.74) is 3.85. The van der Waals surface area contributed by atoms with Crippen LogP contribution in [0.4, 0.5) is 13.2 Å². The fourth-order valence-corrected chi connectivity index (χ4v) is 2.25. The van der Waals surface area contributed by atoms with Crippen molar-refractivity contribution in [2.24, 2.45) is 5.73 Å². The van der Waals surface area contributed by atoms with E-state index in [9.17, 15) is 18.0 Å². The Kier molecular flexibility index (Phi) is 4.92. The zero-order valence-corrected chi connectivity index (χ0v) is 11.5. The number of halogens is 3. The Morgan fingerprint density at radius 2 is 2.16 bits per heavy atom. The molecule has 3 N–H and O–H groups in total. The number of carbonyl (C=O) groups excluding carboxylic acids is 1. The maximum absolute atomic E-state index is 12.3. The van der Waals surface area contributed by atoms with Crippen LogP contribution < -0.4 is 11.1 Å². The molecule has 108 valence electrons. The van der Waals surface area contributed by atoms with Crippen LogP contribution in [-0.4, -0.2) is 16.4 Å². The molecule has 1 unspecified atom stereocenters. The van der Waals surface area contributed by atoms with Crippen LogP contribution in [-0.2, 0) is 17.5 Å². The van der Waals surface area contributed by atoms with Crippen LogP contribution in [0.2, 0.25) is 0 Å². The van der Waals surface area contributed by atoms with E-state index in [-0.39, 0.29) is 11.6 Å². The summed E-state index contributed by atoms with van der Waals surface area (Å²) in [5.74, 6) is -0.391. The van der Waals surface area contributed by atoms with Crippen molar-refractivity contribution in [1.29, 1.82) is 0 Å². The maximum Gasteiger partial charge on any atom is 0.434 e. The average molecular weight is 295 g/mol. The summed E-state index contributed by atoms with van der Waals surface area (Å²) in [7, 11) is 0. The van der Waals surface area contributed by atoms with E-state index in [1.165, 1.54) is 0 Å². The van der Waals surface area contributed by atoms with Crippen molar-refractivity contribution in [3.63, 3.8) is 0 Å². The van der Waals surface area contributed by atoms with Gasteiger partial charge in [-0.05, 0) is 13.3 Å². The van der Waals surface area contributed by atoms with Gasteiger partial charge >= 0.3 is 6.18 Å². The van der Waals surface area contributed by atoms with E-state index in [0.29, 0.717) is 6.42 Å². The summed E-state index contributed by atoms with van der Waals surface area (Å²) in [6.07, 6.45) is -3.20. The van der Waals surface area contributed by atoms with E-state index in [1.54, 1.807) is 6.92 Å². The SMILES string of the molecule is CCCC(C)(N)C(=O)NCc1nc(C(F)(F)F)cs1. The minimum atomic E-state index is -4.46. The second-order valence-corrected chi connectivity index (χ2v) is 5.42. The van der Waals surface area contributed by atoms with E-state index < -0.39 is 23.3 Å². The number of alkyl halides is 3. The first-order chi connectivity index (χ1) is 8.66. The van der Waals surface area contributed by atoms with Crippen molar-refractivity contribution in [3.8, 4) is 0 Å². The Labute approximate surface area is 113 Å². The molecule has 0 aliphatic carbocycles. The first-order valence-corrected chi connectivity index (χ1v) is 6.63. The van der Waals surface area contributed by atoms with Crippen molar-refractivity contribution in [3.05, 3.63) is 16.1 Å². The number of nitrogens with two attached hydrogens (primary N) is 1. The zero-order valence-electron chi connectivity index (χ0n) is 10.7. The van der Waals surface area contributed by atoms with Gasteiger partial charge in [-0.15, -0.1) is 11.3 Å². The highest BCUT2D eigenvalue weighted by Crippen LogP contribution is 2.29. The molecule has 8 heteroatoms. The first kappa shape index (κ1) is 15.9. The number of hydrogen-bond donors (Lipinski definition) is 2. The lowest BCUT2D eigenvalue weighted by atomic mass is 9.97. The Bertz CT molecular complexity index is 443. The number of nitrogens with zero attached hydrogens (tertiary/aromatic N) is 1. The van der Waals surface area contributed by atoms with E-state index in [2.05, 4.69) is 10.3 Å². The van der Waals surface area contributed by atoms with Gasteiger partial charge in [0.25, 0.3) is 0 Å². The van der Waals surface area contributed by atoms with Gasteiger partial charge in [-0.1, -0.05) is 13.3 Å². The number of carbonyl (C=O) groups is 1. The predicted octanol–water partition coefficient (Wildman–Crippen LogP) is 2.30. The largest absolute Gasteiger partial charge is 0.434 e. The van der Waals surface area contributed by atoms with Gasteiger partial charge in [0.2, 0.25) is 5.91 Å². The number of rotatable bonds is 5. The van der Waals surface area contributed by atoms with Gasteiger partial charge in [-0.3, -0.25) is 4.79 Å². The Morgan fingerprint density at radius 3 is 2.63 bits per heavy atom. The van der Waals surface area contributed by atoms with Crippen LogP contribution in [0.25, 0.3) is 0 Å². The molecule has 0 saturated heterocycles. The standard InChI is InChI=1S/C11H16F3N3OS/c1-3-4-10(2,15)9(18)16-5-8-17-7(6-19-8)11(12,13)14/h6H,3-5,15H2,1-2H3,(H,16,18). The van der Waals surface area contributed by atoms with Crippen LogP contribution in [0, 0.1) is 0 Å². The van der Waals surface area contributed by atoms with Gasteiger partial charge in [0.15, 0.2) is 5.69 Å². The Morgan fingerprint density at radius 1 is 1.53 bits per heavy atom. The van der Waals surface area contributed by atoms with Gasteiger partial charge in [-0.25, -0.2) is 4.98 Å². The fraction of sp³-hybridized carbons (Fsp3) is 0.636. The molecule has 0 radical (unpaired) electrons. The van der Waals surface area contributed by atoms with E-state index in [0.717, 1.165) is 23.1 Å². The van der Waals surface area contributed by atoms with Gasteiger partial charge in [0.05, 0.1) is 12.1 Å². The summed E-state index contributed by atoms with van der Waals surface area (Å²) in [5, 5.41) is 3.63. The second-order valence-electron chi connectivity index (χ2n) is 4.47. The third kappa shape index (κ3) is 4.46. The number of nitrogens with one attached hydrogen (secondary N) is 1. The minimum Gasteiger partial charge on any atom is -0.348 e. The van der Waals surface area contributed by atoms with Crippen LogP contribution >= 0.6 is 11.3 Å². The number of amides is 1. The van der Waals surface area contributed by atoms with E-state index in [4.69, 9.17) is 5.73 Å². The second kappa shape index (κ2) is 5.87. The van der Waals surface area contributed by atoms with Crippen molar-refractivity contribution in [1.82, 2.24) is 10.3 Å². The van der Waals surface area contributed by atoms with Gasteiger partial charge < -0.3 is 11.1 Å². The summed E-state index contributed by atoms with van der Waals surface area (Å²) < 4.78 is 37.0. The van der Waals surface area contributed by atoms with Crippen LogP contribution in [0.5, 0.6) is 0 Å². The van der Waals surface area contributed by atoms with E-state index in [1.807, 2.05) is 6.92 Å². The third-order valence-corrected chi connectivity index (χ3v) is 3.38. The van der Waals surface area contributed by atoms with E-state index >= 15 is 0 Å². The molecule has 0 saturated carbocycles. The highest BCUT2D eigenvalue weighted by Gasteiger charge is 2.34. The highest BCUT2D eigenvalue weighted by atomic mass is 32.1. The Balaban J connectivity index is 2.58. The normalized spacial score (nSPS) is 15.1. The van der Waals surface area contributed by atoms with Crippen LogP contribution in [0.1, 0.15) is 37.4 Å². The molecule has 1 atom stereocenters. The lowest BCUT2D eigenvalue weighted by molar-refractivity contribution is -0.140. The number of aromatic nitrogens is 1. The molecule has 0 aromatic carbocycles. The molecule has 1 amide bonds.